The Bertz CT molecular complexity index is 1260. The van der Waals surface area contributed by atoms with Crippen LogP contribution in [0.4, 0.5) is 0 Å². The van der Waals surface area contributed by atoms with E-state index < -0.39 is 16.1 Å². The Kier molecular flexibility index (Phi) is 6.73. The zero-order chi connectivity index (χ0) is 23.6. The average molecular weight is 474 g/mol. The predicted octanol–water partition coefficient (Wildman–Crippen LogP) is 1.85. The molecule has 0 aliphatic carbocycles. The summed E-state index contributed by atoms with van der Waals surface area (Å²) >= 11 is 0. The first kappa shape index (κ1) is 23.3. The van der Waals surface area contributed by atoms with Gasteiger partial charge in [-0.3, -0.25) is 0 Å². The van der Waals surface area contributed by atoms with Gasteiger partial charge in [0.25, 0.3) is 0 Å². The molecule has 4 rings (SSSR count). The van der Waals surface area contributed by atoms with Gasteiger partial charge in [0.15, 0.2) is 0 Å². The molecular weight excluding hydrogens is 444 g/mol. The lowest BCUT2D eigenvalue weighted by atomic mass is 10.1. The molecule has 3 aromatic rings. The standard InChI is InChI=1S/C24H28N2O6S/c1-4-31-24(27)23-20-15-18(32-33(28,29)19-8-5-17(2)6-9-19)7-10-21(20)25(3)22(23)16-26-11-13-30-14-12-26/h5-10,15H,4,11-14,16H2,1-3H3/p+1. The van der Waals surface area contributed by atoms with E-state index in [4.69, 9.17) is 13.7 Å². The van der Waals surface area contributed by atoms with Crippen molar-refractivity contribution in [3.8, 4) is 5.75 Å². The lowest BCUT2D eigenvalue weighted by molar-refractivity contribution is -0.921. The minimum absolute atomic E-state index is 0.0727. The van der Waals surface area contributed by atoms with Crippen molar-refractivity contribution >= 4 is 27.0 Å². The maximum Gasteiger partial charge on any atom is 0.340 e. The number of carbonyl (C=O) groups is 1. The number of quaternary nitrogens is 1. The highest BCUT2D eigenvalue weighted by Gasteiger charge is 2.27. The average Bonchev–Trinajstić information content (AvgIpc) is 3.05. The fourth-order valence-corrected chi connectivity index (χ4v) is 5.04. The van der Waals surface area contributed by atoms with Crippen molar-refractivity contribution in [2.75, 3.05) is 32.9 Å². The Morgan fingerprint density at radius 3 is 2.48 bits per heavy atom. The van der Waals surface area contributed by atoms with E-state index in [1.54, 1.807) is 37.3 Å². The molecule has 1 saturated heterocycles. The van der Waals surface area contributed by atoms with Gasteiger partial charge in [-0.05, 0) is 44.2 Å². The maximum absolute atomic E-state index is 13.0. The molecule has 33 heavy (non-hydrogen) atoms. The lowest BCUT2D eigenvalue weighted by Gasteiger charge is -2.24. The molecule has 0 unspecified atom stereocenters. The van der Waals surface area contributed by atoms with Crippen LogP contribution >= 0.6 is 0 Å². The van der Waals surface area contributed by atoms with Crippen molar-refractivity contribution in [1.29, 1.82) is 0 Å². The molecule has 1 N–H and O–H groups in total. The van der Waals surface area contributed by atoms with Gasteiger partial charge >= 0.3 is 16.1 Å². The predicted molar refractivity (Wildman–Crippen MR) is 123 cm³/mol. The van der Waals surface area contributed by atoms with Crippen LogP contribution < -0.4 is 9.08 Å². The van der Waals surface area contributed by atoms with Gasteiger partial charge in [-0.2, -0.15) is 8.42 Å². The molecule has 1 aliphatic rings. The minimum Gasteiger partial charge on any atom is -0.462 e. The molecule has 1 aromatic heterocycles. The highest BCUT2D eigenvalue weighted by atomic mass is 32.2. The number of ether oxygens (including phenoxy) is 2. The highest BCUT2D eigenvalue weighted by molar-refractivity contribution is 7.87. The van der Waals surface area contributed by atoms with E-state index in [1.165, 1.54) is 17.0 Å². The monoisotopic (exact) mass is 473 g/mol. The van der Waals surface area contributed by atoms with Crippen LogP contribution in [0.15, 0.2) is 47.4 Å². The first-order valence-corrected chi connectivity index (χ1v) is 12.4. The van der Waals surface area contributed by atoms with E-state index in [0.717, 1.165) is 29.9 Å². The largest absolute Gasteiger partial charge is 0.462 e. The van der Waals surface area contributed by atoms with Gasteiger partial charge in [-0.25, -0.2) is 4.79 Å². The topological polar surface area (TPSA) is 88.3 Å². The van der Waals surface area contributed by atoms with E-state index in [-0.39, 0.29) is 17.3 Å². The summed E-state index contributed by atoms with van der Waals surface area (Å²) in [6.07, 6.45) is 0. The minimum atomic E-state index is -4.01. The molecule has 0 amide bonds. The van der Waals surface area contributed by atoms with Crippen LogP contribution in [0.3, 0.4) is 0 Å². The maximum atomic E-state index is 13.0. The molecule has 1 fully saturated rings. The van der Waals surface area contributed by atoms with Crippen molar-refractivity contribution in [1.82, 2.24) is 4.57 Å². The summed E-state index contributed by atoms with van der Waals surface area (Å²) in [5, 5.41) is 0.607. The number of nitrogens with zero attached hydrogens (tertiary/aromatic N) is 1. The molecule has 2 aromatic carbocycles. The number of hydrogen-bond donors (Lipinski definition) is 1. The fourth-order valence-electron chi connectivity index (χ4n) is 4.12. The third-order valence-electron chi connectivity index (χ3n) is 5.90. The van der Waals surface area contributed by atoms with Crippen LogP contribution in [0.2, 0.25) is 0 Å². The Hall–Kier alpha value is -2.88. The number of hydrogen-bond acceptors (Lipinski definition) is 6. The van der Waals surface area contributed by atoms with E-state index in [0.29, 0.717) is 30.7 Å². The number of aryl methyl sites for hydroxylation is 2. The molecule has 8 nitrogen and oxygen atoms in total. The number of nitrogens with one attached hydrogen (secondary N) is 1. The van der Waals surface area contributed by atoms with Crippen LogP contribution in [0.1, 0.15) is 28.5 Å². The van der Waals surface area contributed by atoms with Crippen molar-refractivity contribution in [3.63, 3.8) is 0 Å². The number of rotatable bonds is 7. The normalized spacial score (nSPS) is 15.0. The Balaban J connectivity index is 1.74. The SMILES string of the molecule is CCOC(=O)c1c(C[NH+]2CCOCC2)n(C)c2ccc(OS(=O)(=O)c3ccc(C)cc3)cc12. The second-order valence-corrected chi connectivity index (χ2v) is 9.72. The summed E-state index contributed by atoms with van der Waals surface area (Å²) in [6, 6.07) is 11.4. The Morgan fingerprint density at radius 1 is 1.12 bits per heavy atom. The fraction of sp³-hybridized carbons (Fsp3) is 0.375. The smallest absolute Gasteiger partial charge is 0.340 e. The zero-order valence-corrected chi connectivity index (χ0v) is 19.9. The van der Waals surface area contributed by atoms with Crippen LogP contribution in [-0.4, -0.2) is 51.9 Å². The lowest BCUT2D eigenvalue weighted by Crippen LogP contribution is -3.12. The van der Waals surface area contributed by atoms with Gasteiger partial charge in [0.05, 0.1) is 31.1 Å². The van der Waals surface area contributed by atoms with E-state index >= 15 is 0 Å². The van der Waals surface area contributed by atoms with Crippen molar-refractivity contribution in [3.05, 3.63) is 59.3 Å². The molecule has 0 spiro atoms. The van der Waals surface area contributed by atoms with Crippen LogP contribution in [-0.2, 0) is 33.2 Å². The van der Waals surface area contributed by atoms with Crippen molar-refractivity contribution in [2.24, 2.45) is 7.05 Å². The highest BCUT2D eigenvalue weighted by Crippen LogP contribution is 2.31. The molecule has 0 bridgehead atoms. The summed E-state index contributed by atoms with van der Waals surface area (Å²) in [5.41, 5.74) is 3.06. The Labute approximate surface area is 193 Å². The van der Waals surface area contributed by atoms with Crippen LogP contribution in [0.5, 0.6) is 5.75 Å². The second kappa shape index (κ2) is 9.54. The molecule has 0 saturated carbocycles. The second-order valence-electron chi connectivity index (χ2n) is 8.17. The number of morpholine rings is 1. The molecule has 176 valence electrons. The van der Waals surface area contributed by atoms with Gasteiger partial charge in [-0.15, -0.1) is 0 Å². The summed E-state index contributed by atoms with van der Waals surface area (Å²) in [7, 11) is -2.10. The summed E-state index contributed by atoms with van der Waals surface area (Å²) < 4.78 is 43.7. The first-order valence-electron chi connectivity index (χ1n) is 11.0. The van der Waals surface area contributed by atoms with Gasteiger partial charge in [0.1, 0.15) is 30.3 Å². The number of aromatic nitrogens is 1. The van der Waals surface area contributed by atoms with Crippen molar-refractivity contribution < 1.29 is 31.8 Å². The van der Waals surface area contributed by atoms with E-state index in [1.807, 2.05) is 18.5 Å². The van der Waals surface area contributed by atoms with Crippen LogP contribution in [0.25, 0.3) is 10.9 Å². The number of fused-ring (bicyclic) bond motifs is 1. The zero-order valence-electron chi connectivity index (χ0n) is 19.1. The molecule has 0 atom stereocenters. The van der Waals surface area contributed by atoms with Gasteiger partial charge in [0.2, 0.25) is 0 Å². The van der Waals surface area contributed by atoms with E-state index in [2.05, 4.69) is 0 Å². The summed E-state index contributed by atoms with van der Waals surface area (Å²) in [6.45, 7) is 7.61. The van der Waals surface area contributed by atoms with Crippen molar-refractivity contribution in [2.45, 2.75) is 25.3 Å². The van der Waals surface area contributed by atoms with Crippen LogP contribution in [0, 0.1) is 6.92 Å². The van der Waals surface area contributed by atoms with Gasteiger partial charge in [0, 0.05) is 18.0 Å². The first-order chi connectivity index (χ1) is 15.8. The van der Waals surface area contributed by atoms with E-state index in [9.17, 15) is 13.2 Å². The molecule has 0 radical (unpaired) electrons. The summed E-state index contributed by atoms with van der Waals surface area (Å²) in [4.78, 5) is 14.3. The quantitative estimate of drug-likeness (QED) is 0.416. The molecule has 9 heteroatoms. The van der Waals surface area contributed by atoms with Gasteiger partial charge in [-0.1, -0.05) is 17.7 Å². The third kappa shape index (κ3) is 4.90. The number of benzene rings is 2. The summed E-state index contributed by atoms with van der Waals surface area (Å²) in [5.74, 6) is -0.284. The number of esters is 1. The number of carbonyl (C=O) groups excluding carboxylic acids is 1. The Morgan fingerprint density at radius 2 is 1.82 bits per heavy atom. The molecular formula is C24H29N2O6S+. The third-order valence-corrected chi connectivity index (χ3v) is 7.17. The molecule has 2 heterocycles. The van der Waals surface area contributed by atoms with Gasteiger partial charge < -0.3 is 23.1 Å². The molecule has 1 aliphatic heterocycles.